The lowest BCUT2D eigenvalue weighted by Gasteiger charge is -2.12. The summed E-state index contributed by atoms with van der Waals surface area (Å²) in [5.74, 6) is 0.0999. The molecule has 0 saturated carbocycles. The number of rotatable bonds is 1. The third kappa shape index (κ3) is 1.68. The van der Waals surface area contributed by atoms with Crippen LogP contribution in [0.5, 0.6) is 0 Å². The number of fused-ring (bicyclic) bond motifs is 1. The molecule has 0 saturated heterocycles. The Bertz CT molecular complexity index is 491. The molecule has 15 heavy (non-hydrogen) atoms. The number of hydrogen-bond donors (Lipinski definition) is 1. The Morgan fingerprint density at radius 1 is 1.40 bits per heavy atom. The zero-order valence-electron chi connectivity index (χ0n) is 8.77. The van der Waals surface area contributed by atoms with E-state index in [9.17, 15) is 13.5 Å². The van der Waals surface area contributed by atoms with Crippen molar-refractivity contribution in [3.63, 3.8) is 0 Å². The standard InChI is InChI=1S/C11H14O3S/c1-7-6-8-4-3-5-9(15(2,13)14)10(8)11(7)12/h3-5,7,11-12H,6H2,1-2H3/t7-,11-/m1/s1. The summed E-state index contributed by atoms with van der Waals surface area (Å²) in [7, 11) is -3.24. The van der Waals surface area contributed by atoms with Crippen LogP contribution in [0.4, 0.5) is 0 Å². The summed E-state index contributed by atoms with van der Waals surface area (Å²) in [6.45, 7) is 1.93. The van der Waals surface area contributed by atoms with Crippen LogP contribution in [0.1, 0.15) is 24.2 Å². The number of hydrogen-bond acceptors (Lipinski definition) is 3. The van der Waals surface area contributed by atoms with Gasteiger partial charge in [-0.15, -0.1) is 0 Å². The van der Waals surface area contributed by atoms with E-state index < -0.39 is 15.9 Å². The molecule has 1 aliphatic rings. The number of sulfone groups is 1. The maximum Gasteiger partial charge on any atom is 0.175 e. The minimum Gasteiger partial charge on any atom is -0.388 e. The fourth-order valence-corrected chi connectivity index (χ4v) is 3.15. The van der Waals surface area contributed by atoms with Crippen molar-refractivity contribution in [1.29, 1.82) is 0 Å². The van der Waals surface area contributed by atoms with E-state index in [2.05, 4.69) is 0 Å². The molecule has 0 heterocycles. The van der Waals surface area contributed by atoms with Crippen molar-refractivity contribution in [2.45, 2.75) is 24.3 Å². The topological polar surface area (TPSA) is 54.4 Å². The van der Waals surface area contributed by atoms with Crippen molar-refractivity contribution < 1.29 is 13.5 Å². The molecule has 0 spiro atoms. The average Bonchev–Trinajstić information content (AvgIpc) is 2.41. The average molecular weight is 226 g/mol. The lowest BCUT2D eigenvalue weighted by atomic mass is 10.1. The normalized spacial score (nSPS) is 25.3. The van der Waals surface area contributed by atoms with Gasteiger partial charge in [-0.05, 0) is 24.0 Å². The maximum atomic E-state index is 11.5. The third-order valence-corrected chi connectivity index (χ3v) is 4.09. The molecule has 82 valence electrons. The zero-order valence-corrected chi connectivity index (χ0v) is 9.58. The van der Waals surface area contributed by atoms with Gasteiger partial charge in [0.1, 0.15) is 0 Å². The molecule has 1 N–H and O–H groups in total. The molecule has 2 rings (SSSR count). The van der Waals surface area contributed by atoms with Gasteiger partial charge in [0.05, 0.1) is 11.0 Å². The fourth-order valence-electron chi connectivity index (χ4n) is 2.17. The maximum absolute atomic E-state index is 11.5. The quantitative estimate of drug-likeness (QED) is 0.785. The second-order valence-corrected chi connectivity index (χ2v) is 6.21. The fraction of sp³-hybridized carbons (Fsp3) is 0.455. The highest BCUT2D eigenvalue weighted by atomic mass is 32.2. The van der Waals surface area contributed by atoms with E-state index >= 15 is 0 Å². The van der Waals surface area contributed by atoms with Crippen LogP contribution in [0.25, 0.3) is 0 Å². The number of benzene rings is 1. The predicted octanol–water partition coefficient (Wildman–Crippen LogP) is 1.32. The van der Waals surface area contributed by atoms with Gasteiger partial charge in [0, 0.05) is 11.8 Å². The summed E-state index contributed by atoms with van der Waals surface area (Å²) in [4.78, 5) is 0.275. The van der Waals surface area contributed by atoms with Gasteiger partial charge in [0.15, 0.2) is 9.84 Å². The summed E-state index contributed by atoms with van der Waals surface area (Å²) < 4.78 is 23.1. The first kappa shape index (κ1) is 10.6. The molecule has 1 aliphatic carbocycles. The van der Waals surface area contributed by atoms with Gasteiger partial charge in [-0.3, -0.25) is 0 Å². The summed E-state index contributed by atoms with van der Waals surface area (Å²) in [5, 5.41) is 9.93. The smallest absolute Gasteiger partial charge is 0.175 e. The second-order valence-electron chi connectivity index (χ2n) is 4.23. The van der Waals surface area contributed by atoms with Crippen molar-refractivity contribution in [2.75, 3.05) is 6.26 Å². The molecule has 0 radical (unpaired) electrons. The van der Waals surface area contributed by atoms with Crippen LogP contribution < -0.4 is 0 Å². The molecule has 0 fully saturated rings. The number of aliphatic hydroxyl groups excluding tert-OH is 1. The van der Waals surface area contributed by atoms with Crippen LogP contribution in [0, 0.1) is 5.92 Å². The molecule has 0 aromatic heterocycles. The Labute approximate surface area is 89.7 Å². The van der Waals surface area contributed by atoms with E-state index in [1.807, 2.05) is 13.0 Å². The zero-order chi connectivity index (χ0) is 11.2. The van der Waals surface area contributed by atoms with E-state index in [0.717, 1.165) is 12.0 Å². The highest BCUT2D eigenvalue weighted by molar-refractivity contribution is 7.90. The van der Waals surface area contributed by atoms with E-state index in [1.54, 1.807) is 12.1 Å². The van der Waals surface area contributed by atoms with E-state index in [0.29, 0.717) is 5.56 Å². The molecule has 3 nitrogen and oxygen atoms in total. The van der Waals surface area contributed by atoms with Crippen molar-refractivity contribution in [1.82, 2.24) is 0 Å². The molecule has 1 aromatic rings. The van der Waals surface area contributed by atoms with Gasteiger partial charge < -0.3 is 5.11 Å². The first-order valence-corrected chi connectivity index (χ1v) is 6.80. The van der Waals surface area contributed by atoms with Crippen LogP contribution in [0.2, 0.25) is 0 Å². The lowest BCUT2D eigenvalue weighted by Crippen LogP contribution is -2.07. The number of aliphatic hydroxyl groups is 1. The van der Waals surface area contributed by atoms with Gasteiger partial charge in [-0.1, -0.05) is 19.1 Å². The molecule has 0 bridgehead atoms. The van der Waals surface area contributed by atoms with Crippen LogP contribution in [-0.2, 0) is 16.3 Å². The van der Waals surface area contributed by atoms with Gasteiger partial charge in [0.2, 0.25) is 0 Å². The van der Waals surface area contributed by atoms with Crippen LogP contribution >= 0.6 is 0 Å². The van der Waals surface area contributed by atoms with Gasteiger partial charge >= 0.3 is 0 Å². The molecule has 0 amide bonds. The van der Waals surface area contributed by atoms with Crippen LogP contribution in [0.3, 0.4) is 0 Å². The molecular formula is C11H14O3S. The van der Waals surface area contributed by atoms with Crippen LogP contribution in [0.15, 0.2) is 23.1 Å². The molecule has 4 heteroatoms. The Kier molecular flexibility index (Phi) is 2.35. The molecule has 0 unspecified atom stereocenters. The summed E-state index contributed by atoms with van der Waals surface area (Å²) >= 11 is 0. The van der Waals surface area contributed by atoms with E-state index in [4.69, 9.17) is 0 Å². The minimum atomic E-state index is -3.24. The molecule has 2 atom stereocenters. The summed E-state index contributed by atoms with van der Waals surface area (Å²) in [5.41, 5.74) is 1.56. The van der Waals surface area contributed by atoms with Crippen molar-refractivity contribution in [2.24, 2.45) is 5.92 Å². The summed E-state index contributed by atoms with van der Waals surface area (Å²) in [6, 6.07) is 5.19. The van der Waals surface area contributed by atoms with Gasteiger partial charge in [0.25, 0.3) is 0 Å². The van der Waals surface area contributed by atoms with Crippen molar-refractivity contribution in [3.8, 4) is 0 Å². The first-order chi connectivity index (χ1) is 6.91. The Balaban J connectivity index is 2.68. The predicted molar refractivity (Wildman–Crippen MR) is 57.4 cm³/mol. The molecular weight excluding hydrogens is 212 g/mol. The highest BCUT2D eigenvalue weighted by Gasteiger charge is 2.32. The largest absolute Gasteiger partial charge is 0.388 e. The Morgan fingerprint density at radius 2 is 2.07 bits per heavy atom. The van der Waals surface area contributed by atoms with Crippen LogP contribution in [-0.4, -0.2) is 19.8 Å². The van der Waals surface area contributed by atoms with Crippen molar-refractivity contribution in [3.05, 3.63) is 29.3 Å². The van der Waals surface area contributed by atoms with Crippen molar-refractivity contribution >= 4 is 9.84 Å². The summed E-state index contributed by atoms with van der Waals surface area (Å²) in [6.07, 6.45) is 1.28. The Hall–Kier alpha value is -0.870. The van der Waals surface area contributed by atoms with E-state index in [-0.39, 0.29) is 10.8 Å². The highest BCUT2D eigenvalue weighted by Crippen LogP contribution is 2.39. The Morgan fingerprint density at radius 3 is 2.67 bits per heavy atom. The molecule has 1 aromatic carbocycles. The second kappa shape index (κ2) is 3.32. The monoisotopic (exact) mass is 226 g/mol. The van der Waals surface area contributed by atoms with Gasteiger partial charge in [-0.25, -0.2) is 8.42 Å². The SMILES string of the molecule is C[C@@H]1Cc2cccc(S(C)(=O)=O)c2[C@@H]1O. The minimum absolute atomic E-state index is 0.0999. The van der Waals surface area contributed by atoms with Gasteiger partial charge in [-0.2, -0.15) is 0 Å². The van der Waals surface area contributed by atoms with E-state index in [1.165, 1.54) is 6.26 Å². The first-order valence-electron chi connectivity index (χ1n) is 4.91. The third-order valence-electron chi connectivity index (χ3n) is 2.93. The lowest BCUT2D eigenvalue weighted by molar-refractivity contribution is 0.130. The molecule has 0 aliphatic heterocycles.